The molecule has 0 amide bonds. The maximum atomic E-state index is 8.72. The van der Waals surface area contributed by atoms with Crippen LogP contribution in [0.15, 0.2) is 33.6 Å². The average Bonchev–Trinajstić information content (AvgIpc) is 2.14. The Morgan fingerprint density at radius 3 is 2.92 bits per heavy atom. The van der Waals surface area contributed by atoms with Crippen molar-refractivity contribution in [2.24, 2.45) is 5.73 Å². The third-order valence-electron chi connectivity index (χ3n) is 1.49. The van der Waals surface area contributed by atoms with Crippen LogP contribution >= 0.6 is 27.7 Å². The molecule has 1 rings (SSSR count). The normalized spacial score (nSPS) is 12.8. The molecule has 0 aliphatic heterocycles. The van der Waals surface area contributed by atoms with Gasteiger partial charge < -0.3 is 10.8 Å². The topological polar surface area (TPSA) is 46.2 Å². The van der Waals surface area contributed by atoms with Gasteiger partial charge in [-0.3, -0.25) is 0 Å². The number of nitrogens with two attached hydrogens (primary N) is 1. The lowest BCUT2D eigenvalue weighted by atomic mass is 10.4. The summed E-state index contributed by atoms with van der Waals surface area (Å²) < 4.78 is 1.06. The number of hydrogen-bond acceptors (Lipinski definition) is 3. The number of halogens is 1. The predicted molar refractivity (Wildman–Crippen MR) is 59.9 cm³/mol. The van der Waals surface area contributed by atoms with Crippen molar-refractivity contribution in [2.75, 3.05) is 12.4 Å². The van der Waals surface area contributed by atoms with Crippen LogP contribution in [0.25, 0.3) is 0 Å². The van der Waals surface area contributed by atoms with E-state index in [0.29, 0.717) is 0 Å². The highest BCUT2D eigenvalue weighted by Gasteiger charge is 2.01. The highest BCUT2D eigenvalue weighted by Crippen LogP contribution is 2.21. The fourth-order valence-electron chi connectivity index (χ4n) is 0.813. The molecule has 0 aliphatic rings. The lowest BCUT2D eigenvalue weighted by Crippen LogP contribution is -2.26. The van der Waals surface area contributed by atoms with E-state index in [1.165, 1.54) is 4.90 Å². The number of aliphatic hydroxyl groups is 1. The van der Waals surface area contributed by atoms with E-state index in [4.69, 9.17) is 10.8 Å². The van der Waals surface area contributed by atoms with Crippen molar-refractivity contribution in [2.45, 2.75) is 10.9 Å². The summed E-state index contributed by atoms with van der Waals surface area (Å²) in [5.74, 6) is 0.743. The summed E-state index contributed by atoms with van der Waals surface area (Å²) in [6.07, 6.45) is 0. The molecule has 1 atom stereocenters. The van der Waals surface area contributed by atoms with Crippen LogP contribution in [0.3, 0.4) is 0 Å². The molecular weight excluding hydrogens is 250 g/mol. The van der Waals surface area contributed by atoms with Gasteiger partial charge in [0.1, 0.15) is 0 Å². The zero-order valence-corrected chi connectivity index (χ0v) is 9.51. The van der Waals surface area contributed by atoms with Crippen LogP contribution in [0, 0.1) is 0 Å². The van der Waals surface area contributed by atoms with Crippen LogP contribution in [0.5, 0.6) is 0 Å². The van der Waals surface area contributed by atoms with Gasteiger partial charge in [0.05, 0.1) is 6.61 Å². The fraction of sp³-hybridized carbons (Fsp3) is 0.333. The number of benzene rings is 1. The first-order valence-corrected chi connectivity index (χ1v) is 5.75. The number of thioether (sulfide) groups is 1. The molecule has 0 heterocycles. The van der Waals surface area contributed by atoms with Gasteiger partial charge in [-0.1, -0.05) is 22.0 Å². The van der Waals surface area contributed by atoms with Crippen molar-refractivity contribution >= 4 is 27.7 Å². The number of hydrogen-bond donors (Lipinski definition) is 2. The van der Waals surface area contributed by atoms with E-state index < -0.39 is 0 Å². The van der Waals surface area contributed by atoms with Crippen molar-refractivity contribution < 1.29 is 5.11 Å². The van der Waals surface area contributed by atoms with Crippen molar-refractivity contribution in [1.82, 2.24) is 0 Å². The van der Waals surface area contributed by atoms with Gasteiger partial charge in [-0.2, -0.15) is 0 Å². The summed E-state index contributed by atoms with van der Waals surface area (Å²) in [6, 6.07) is 7.89. The summed E-state index contributed by atoms with van der Waals surface area (Å²) in [5.41, 5.74) is 5.58. The zero-order valence-electron chi connectivity index (χ0n) is 7.11. The minimum absolute atomic E-state index is 0.0427. The highest BCUT2D eigenvalue weighted by molar-refractivity contribution is 9.10. The van der Waals surface area contributed by atoms with Gasteiger partial charge in [-0.25, -0.2) is 0 Å². The van der Waals surface area contributed by atoms with Crippen molar-refractivity contribution in [3.8, 4) is 0 Å². The van der Waals surface area contributed by atoms with E-state index in [9.17, 15) is 0 Å². The van der Waals surface area contributed by atoms with Gasteiger partial charge in [0.25, 0.3) is 0 Å². The minimum Gasteiger partial charge on any atom is -0.395 e. The molecule has 72 valence electrons. The summed E-state index contributed by atoms with van der Waals surface area (Å²) in [7, 11) is 0. The Bertz CT molecular complexity index is 270. The van der Waals surface area contributed by atoms with Crippen molar-refractivity contribution in [3.05, 3.63) is 28.7 Å². The summed E-state index contributed by atoms with van der Waals surface area (Å²) in [4.78, 5) is 1.17. The van der Waals surface area contributed by atoms with Gasteiger partial charge >= 0.3 is 0 Å². The van der Waals surface area contributed by atoms with Crippen LogP contribution in [0.1, 0.15) is 0 Å². The Hall–Kier alpha value is -0.0300. The first-order valence-electron chi connectivity index (χ1n) is 3.97. The largest absolute Gasteiger partial charge is 0.395 e. The molecule has 0 radical (unpaired) electrons. The third kappa shape index (κ3) is 4.13. The lowest BCUT2D eigenvalue weighted by molar-refractivity contribution is 0.275. The molecular formula is C9H12BrNOS. The molecule has 0 saturated carbocycles. The van der Waals surface area contributed by atoms with Gasteiger partial charge in [0.15, 0.2) is 0 Å². The molecule has 0 aliphatic carbocycles. The fourth-order valence-corrected chi connectivity index (χ4v) is 2.26. The molecule has 0 spiro atoms. The van der Waals surface area contributed by atoms with E-state index >= 15 is 0 Å². The van der Waals surface area contributed by atoms with Gasteiger partial charge in [0, 0.05) is 21.2 Å². The average molecular weight is 262 g/mol. The minimum atomic E-state index is -0.135. The monoisotopic (exact) mass is 261 g/mol. The first-order chi connectivity index (χ1) is 6.22. The lowest BCUT2D eigenvalue weighted by Gasteiger charge is -2.07. The van der Waals surface area contributed by atoms with E-state index in [1.807, 2.05) is 24.3 Å². The zero-order chi connectivity index (χ0) is 9.68. The standard InChI is InChI=1S/C9H12BrNOS/c10-7-2-1-3-9(4-7)13-6-8(11)5-12/h1-4,8,12H,5-6,11H2. The molecule has 0 saturated heterocycles. The Morgan fingerprint density at radius 2 is 2.31 bits per heavy atom. The van der Waals surface area contributed by atoms with Crippen LogP contribution in [0.2, 0.25) is 0 Å². The quantitative estimate of drug-likeness (QED) is 0.814. The Labute approximate surface area is 90.7 Å². The van der Waals surface area contributed by atoms with Gasteiger partial charge in [-0.05, 0) is 18.2 Å². The predicted octanol–water partition coefficient (Wildman–Crippen LogP) is 1.86. The molecule has 0 aromatic heterocycles. The third-order valence-corrected chi connectivity index (χ3v) is 3.17. The maximum absolute atomic E-state index is 8.72. The second-order valence-electron chi connectivity index (χ2n) is 2.71. The Kier molecular flexibility index (Phi) is 4.80. The summed E-state index contributed by atoms with van der Waals surface area (Å²) in [6.45, 7) is 0.0427. The molecule has 0 bridgehead atoms. The second kappa shape index (κ2) is 5.65. The van der Waals surface area contributed by atoms with Crippen LogP contribution in [0.4, 0.5) is 0 Å². The van der Waals surface area contributed by atoms with E-state index in [1.54, 1.807) is 11.8 Å². The highest BCUT2D eigenvalue weighted by atomic mass is 79.9. The van der Waals surface area contributed by atoms with Gasteiger partial charge in [0.2, 0.25) is 0 Å². The van der Waals surface area contributed by atoms with E-state index in [-0.39, 0.29) is 12.6 Å². The first kappa shape index (κ1) is 11.0. The molecule has 4 heteroatoms. The van der Waals surface area contributed by atoms with Crippen LogP contribution in [-0.4, -0.2) is 23.5 Å². The maximum Gasteiger partial charge on any atom is 0.0590 e. The van der Waals surface area contributed by atoms with Crippen molar-refractivity contribution in [3.63, 3.8) is 0 Å². The smallest absolute Gasteiger partial charge is 0.0590 e. The summed E-state index contributed by atoms with van der Waals surface area (Å²) >= 11 is 5.04. The SMILES string of the molecule is NC(CO)CSc1cccc(Br)c1. The van der Waals surface area contributed by atoms with E-state index in [0.717, 1.165) is 10.2 Å². The van der Waals surface area contributed by atoms with Crippen LogP contribution < -0.4 is 5.73 Å². The summed E-state index contributed by atoms with van der Waals surface area (Å²) in [5, 5.41) is 8.72. The molecule has 1 aromatic carbocycles. The van der Waals surface area contributed by atoms with E-state index in [2.05, 4.69) is 15.9 Å². The number of rotatable bonds is 4. The number of aliphatic hydroxyl groups excluding tert-OH is 1. The molecule has 1 aromatic rings. The van der Waals surface area contributed by atoms with Crippen LogP contribution in [-0.2, 0) is 0 Å². The van der Waals surface area contributed by atoms with Gasteiger partial charge in [-0.15, -0.1) is 11.8 Å². The second-order valence-corrected chi connectivity index (χ2v) is 4.72. The molecule has 2 nitrogen and oxygen atoms in total. The molecule has 1 unspecified atom stereocenters. The molecule has 0 fully saturated rings. The molecule has 3 N–H and O–H groups in total. The Balaban J connectivity index is 2.45. The Morgan fingerprint density at radius 1 is 1.54 bits per heavy atom. The molecule has 13 heavy (non-hydrogen) atoms. The van der Waals surface area contributed by atoms with Crippen molar-refractivity contribution in [1.29, 1.82) is 0 Å².